The maximum Gasteiger partial charge on any atom is 0.0792 e. The molecule has 8 rings (SSSR count). The van der Waals surface area contributed by atoms with E-state index in [1.807, 2.05) is 0 Å². The summed E-state index contributed by atoms with van der Waals surface area (Å²) in [4.78, 5) is 0. The minimum absolute atomic E-state index is 0.214. The lowest BCUT2D eigenvalue weighted by Crippen LogP contribution is -2.15. The number of rotatable bonds is 3. The molecule has 4 aromatic carbocycles. The molecule has 2 heteroatoms. The van der Waals surface area contributed by atoms with Gasteiger partial charge in [-0.25, -0.2) is 0 Å². The van der Waals surface area contributed by atoms with Crippen molar-refractivity contribution in [2.45, 2.75) is 26.3 Å². The maximum atomic E-state index is 3.29. The third-order valence-corrected chi connectivity index (χ3v) is 8.63. The molecule has 0 aliphatic heterocycles. The molecule has 0 spiro atoms. The molecule has 2 nitrogen and oxygen atoms in total. The fraction of sp³-hybridized carbons (Fsp3) is 0.135. The van der Waals surface area contributed by atoms with Crippen LogP contribution in [0.4, 0.5) is 0 Å². The van der Waals surface area contributed by atoms with Crippen LogP contribution in [0, 0.1) is 5.92 Å². The van der Waals surface area contributed by atoms with Crippen molar-refractivity contribution < 1.29 is 0 Å². The average molecular weight is 501 g/mol. The Morgan fingerprint density at radius 3 is 2.00 bits per heavy atom. The number of fused-ring (bicyclic) bond motifs is 10. The molecule has 6 aromatic rings. The predicted molar refractivity (Wildman–Crippen MR) is 166 cm³/mol. The molecule has 2 heterocycles. The topological polar surface area (TPSA) is 9.86 Å². The molecule has 2 atom stereocenters. The van der Waals surface area contributed by atoms with Gasteiger partial charge in [0.05, 0.1) is 22.6 Å². The SMILES string of the molecule is CCc1ccc(-n2c3ccccc3c3c4c(c5c6ccccc6n(C6C=CC=CC6C)c5c32)C=C=C=C4)cc1. The van der Waals surface area contributed by atoms with Crippen LogP contribution in [0.3, 0.4) is 0 Å². The minimum Gasteiger partial charge on any atom is -0.331 e. The number of hydrogen-bond donors (Lipinski definition) is 0. The van der Waals surface area contributed by atoms with Gasteiger partial charge >= 0.3 is 0 Å². The van der Waals surface area contributed by atoms with Crippen LogP contribution >= 0.6 is 0 Å². The second-order valence-corrected chi connectivity index (χ2v) is 10.7. The quantitative estimate of drug-likeness (QED) is 0.214. The number of allylic oxidation sites excluding steroid dienone is 4. The Bertz CT molecular complexity index is 2130. The standard InChI is InChI=1S/C37H28N2/c1-3-25-20-22-26(23-21-25)38-32-18-10-7-15-29(32)34-27-13-5-6-14-28(27)35-30-16-8-11-19-33(30)39(37(35)36(34)38)31-17-9-4-12-24(31)2/h4,7-24,31H,3H2,1-2H3. The summed E-state index contributed by atoms with van der Waals surface area (Å²) in [6.45, 7) is 4.54. The summed E-state index contributed by atoms with van der Waals surface area (Å²) in [5.74, 6) is 0.372. The van der Waals surface area contributed by atoms with E-state index in [4.69, 9.17) is 0 Å². The van der Waals surface area contributed by atoms with E-state index in [9.17, 15) is 0 Å². The van der Waals surface area contributed by atoms with Crippen molar-refractivity contribution >= 4 is 55.8 Å². The molecule has 2 unspecified atom stereocenters. The Kier molecular flexibility index (Phi) is 4.78. The highest BCUT2D eigenvalue weighted by atomic mass is 15.1. The fourth-order valence-electron chi connectivity index (χ4n) is 6.79. The van der Waals surface area contributed by atoms with Crippen molar-refractivity contribution in [2.24, 2.45) is 5.92 Å². The molecule has 2 aliphatic carbocycles. The molecule has 0 amide bonds. The minimum atomic E-state index is 0.214. The first kappa shape index (κ1) is 22.3. The summed E-state index contributed by atoms with van der Waals surface area (Å²) >= 11 is 0. The summed E-state index contributed by atoms with van der Waals surface area (Å²) in [5, 5.41) is 5.13. The molecule has 0 saturated heterocycles. The van der Waals surface area contributed by atoms with Crippen molar-refractivity contribution in [1.29, 1.82) is 0 Å². The van der Waals surface area contributed by atoms with E-state index < -0.39 is 0 Å². The van der Waals surface area contributed by atoms with Gasteiger partial charge < -0.3 is 9.13 Å². The molecule has 2 aromatic heterocycles. The van der Waals surface area contributed by atoms with Gasteiger partial charge in [-0.1, -0.05) is 98.1 Å². The summed E-state index contributed by atoms with van der Waals surface area (Å²) in [6.07, 6.45) is 14.4. The Morgan fingerprint density at radius 1 is 0.692 bits per heavy atom. The van der Waals surface area contributed by atoms with E-state index in [0.29, 0.717) is 5.92 Å². The number of hydrogen-bond acceptors (Lipinski definition) is 0. The van der Waals surface area contributed by atoms with E-state index in [-0.39, 0.29) is 6.04 Å². The number of nitrogens with zero attached hydrogens (tertiary/aromatic N) is 2. The second kappa shape index (κ2) is 8.38. The van der Waals surface area contributed by atoms with Crippen LogP contribution < -0.4 is 0 Å². The van der Waals surface area contributed by atoms with E-state index in [0.717, 1.165) is 6.42 Å². The summed E-state index contributed by atoms with van der Waals surface area (Å²) in [6, 6.07) is 27.1. The Hall–Kier alpha value is -4.74. The Balaban J connectivity index is 1.68. The van der Waals surface area contributed by atoms with Gasteiger partial charge in [-0.05, 0) is 54.3 Å². The van der Waals surface area contributed by atoms with Gasteiger partial charge in [0.15, 0.2) is 0 Å². The molecule has 2 aliphatic rings. The van der Waals surface area contributed by atoms with Gasteiger partial charge in [0.2, 0.25) is 0 Å². The molecular formula is C37H28N2. The smallest absolute Gasteiger partial charge is 0.0792 e. The van der Waals surface area contributed by atoms with Gasteiger partial charge in [0, 0.05) is 43.9 Å². The number of para-hydroxylation sites is 2. The zero-order valence-electron chi connectivity index (χ0n) is 22.1. The van der Waals surface area contributed by atoms with Crippen LogP contribution in [0.5, 0.6) is 0 Å². The molecule has 0 radical (unpaired) electrons. The van der Waals surface area contributed by atoms with E-state index >= 15 is 0 Å². The zero-order chi connectivity index (χ0) is 26.1. The highest BCUT2D eigenvalue weighted by molar-refractivity contribution is 6.28. The monoisotopic (exact) mass is 500 g/mol. The average Bonchev–Trinajstić information content (AvgIpc) is 3.52. The highest BCUT2D eigenvalue weighted by Crippen LogP contribution is 2.47. The van der Waals surface area contributed by atoms with Gasteiger partial charge in [0.1, 0.15) is 0 Å². The van der Waals surface area contributed by atoms with Gasteiger partial charge in [-0.15, -0.1) is 0 Å². The van der Waals surface area contributed by atoms with Gasteiger partial charge in [-0.3, -0.25) is 0 Å². The molecule has 0 N–H and O–H groups in total. The van der Waals surface area contributed by atoms with Crippen molar-refractivity contribution in [3.63, 3.8) is 0 Å². The first-order valence-electron chi connectivity index (χ1n) is 13.9. The molecule has 0 fully saturated rings. The molecule has 186 valence electrons. The van der Waals surface area contributed by atoms with Crippen molar-refractivity contribution in [2.75, 3.05) is 0 Å². The van der Waals surface area contributed by atoms with Crippen molar-refractivity contribution in [3.8, 4) is 5.69 Å². The zero-order valence-corrected chi connectivity index (χ0v) is 22.1. The third kappa shape index (κ3) is 3.05. The van der Waals surface area contributed by atoms with Gasteiger partial charge in [0.25, 0.3) is 0 Å². The molecule has 39 heavy (non-hydrogen) atoms. The van der Waals surface area contributed by atoms with Crippen LogP contribution in [0.2, 0.25) is 0 Å². The summed E-state index contributed by atoms with van der Waals surface area (Å²) in [5.41, 5.74) is 16.6. The van der Waals surface area contributed by atoms with Crippen molar-refractivity contribution in [3.05, 3.63) is 125 Å². The van der Waals surface area contributed by atoms with Crippen LogP contribution in [-0.2, 0) is 6.42 Å². The largest absolute Gasteiger partial charge is 0.331 e. The maximum absolute atomic E-state index is 3.29. The Labute approximate surface area is 227 Å². The fourth-order valence-corrected chi connectivity index (χ4v) is 6.79. The predicted octanol–water partition coefficient (Wildman–Crippen LogP) is 9.55. The number of aryl methyl sites for hydroxylation is 1. The number of aromatic nitrogens is 2. The lowest BCUT2D eigenvalue weighted by Gasteiger charge is -2.25. The van der Waals surface area contributed by atoms with Crippen LogP contribution in [0.25, 0.3) is 61.5 Å². The summed E-state index contributed by atoms with van der Waals surface area (Å²) < 4.78 is 5.09. The number of benzene rings is 4. The first-order valence-corrected chi connectivity index (χ1v) is 13.9. The lowest BCUT2D eigenvalue weighted by atomic mass is 9.93. The van der Waals surface area contributed by atoms with Crippen LogP contribution in [-0.4, -0.2) is 9.13 Å². The van der Waals surface area contributed by atoms with E-state index in [1.54, 1.807) is 0 Å². The second-order valence-electron chi connectivity index (χ2n) is 10.7. The molecule has 0 bridgehead atoms. The van der Waals surface area contributed by atoms with E-state index in [1.165, 1.54) is 66.0 Å². The normalized spacial score (nSPS) is 17.8. The lowest BCUT2D eigenvalue weighted by molar-refractivity contribution is 0.510. The van der Waals surface area contributed by atoms with E-state index in [2.05, 4.69) is 144 Å². The van der Waals surface area contributed by atoms with Gasteiger partial charge in [-0.2, -0.15) is 0 Å². The van der Waals surface area contributed by atoms with Crippen LogP contribution in [0.15, 0.2) is 109 Å². The summed E-state index contributed by atoms with van der Waals surface area (Å²) in [7, 11) is 0. The van der Waals surface area contributed by atoms with Crippen LogP contribution in [0.1, 0.15) is 36.6 Å². The third-order valence-electron chi connectivity index (χ3n) is 8.63. The first-order chi connectivity index (χ1) is 19.3. The molecular weight excluding hydrogens is 472 g/mol. The van der Waals surface area contributed by atoms with Crippen molar-refractivity contribution in [1.82, 2.24) is 9.13 Å². The Morgan fingerprint density at radius 2 is 1.31 bits per heavy atom. The molecule has 0 saturated carbocycles. The highest BCUT2D eigenvalue weighted by Gasteiger charge is 2.29.